The number of morpholine rings is 1. The molecular formula is C34H45FN4O4. The van der Waals surface area contributed by atoms with Gasteiger partial charge in [-0.25, -0.2) is 9.18 Å². The Bertz CT molecular complexity index is 1280. The molecule has 3 aromatic rings. The fourth-order valence-corrected chi connectivity index (χ4v) is 5.34. The molecule has 2 heterocycles. The molecule has 9 heteroatoms. The van der Waals surface area contributed by atoms with Crippen molar-refractivity contribution in [1.29, 1.82) is 0 Å². The van der Waals surface area contributed by atoms with Gasteiger partial charge in [0.25, 0.3) is 0 Å². The zero-order chi connectivity index (χ0) is 30.8. The molecule has 0 saturated carbocycles. The number of para-hydroxylation sites is 1. The normalized spacial score (nSPS) is 13.8. The first-order valence-electron chi connectivity index (χ1n) is 15.2. The lowest BCUT2D eigenvalue weighted by Gasteiger charge is -2.30. The van der Waals surface area contributed by atoms with Crippen LogP contribution in [0.5, 0.6) is 0 Å². The molecule has 2 aromatic carbocycles. The van der Waals surface area contributed by atoms with E-state index in [1.165, 1.54) is 12.1 Å². The van der Waals surface area contributed by atoms with Gasteiger partial charge in [0.2, 0.25) is 5.91 Å². The van der Waals surface area contributed by atoms with Crippen LogP contribution in [0.25, 0.3) is 0 Å². The van der Waals surface area contributed by atoms with Crippen molar-refractivity contribution in [3.8, 4) is 0 Å². The minimum absolute atomic E-state index is 0.0995. The minimum Gasteiger partial charge on any atom is -0.467 e. The summed E-state index contributed by atoms with van der Waals surface area (Å²) in [6, 6.07) is 15.5. The fourth-order valence-electron chi connectivity index (χ4n) is 5.34. The number of rotatable bonds is 13. The Hall–Kier alpha value is -3.69. The molecule has 4 rings (SSSR count). The van der Waals surface area contributed by atoms with Crippen LogP contribution >= 0.6 is 0 Å². The highest BCUT2D eigenvalue weighted by Gasteiger charge is 2.25. The van der Waals surface area contributed by atoms with Crippen molar-refractivity contribution in [2.24, 2.45) is 0 Å². The third kappa shape index (κ3) is 9.40. The summed E-state index contributed by atoms with van der Waals surface area (Å²) in [5.41, 5.74) is 3.74. The first-order valence-corrected chi connectivity index (χ1v) is 15.2. The Labute approximate surface area is 254 Å². The van der Waals surface area contributed by atoms with Crippen LogP contribution in [-0.2, 0) is 22.6 Å². The number of hydrogen-bond donors (Lipinski definition) is 1. The quantitative estimate of drug-likeness (QED) is 0.247. The first-order chi connectivity index (χ1) is 20.7. The van der Waals surface area contributed by atoms with E-state index in [1.54, 1.807) is 34.3 Å². The van der Waals surface area contributed by atoms with Gasteiger partial charge in [0, 0.05) is 38.4 Å². The van der Waals surface area contributed by atoms with E-state index in [2.05, 4.69) is 37.9 Å². The molecule has 1 fully saturated rings. The lowest BCUT2D eigenvalue weighted by atomic mass is 9.93. The summed E-state index contributed by atoms with van der Waals surface area (Å²) in [4.78, 5) is 33.4. The van der Waals surface area contributed by atoms with Crippen LogP contribution in [0.3, 0.4) is 0 Å². The smallest absolute Gasteiger partial charge is 0.322 e. The summed E-state index contributed by atoms with van der Waals surface area (Å²) < 4.78 is 24.6. The summed E-state index contributed by atoms with van der Waals surface area (Å²) in [6.07, 6.45) is 2.29. The fraction of sp³-hybridized carbons (Fsp3) is 0.471. The Morgan fingerprint density at radius 3 is 2.19 bits per heavy atom. The minimum atomic E-state index is -0.335. The summed E-state index contributed by atoms with van der Waals surface area (Å²) in [6.45, 7) is 13.2. The van der Waals surface area contributed by atoms with Crippen molar-refractivity contribution >= 4 is 17.6 Å². The largest absolute Gasteiger partial charge is 0.467 e. The number of anilines is 1. The summed E-state index contributed by atoms with van der Waals surface area (Å²) in [5, 5.41) is 3.20. The highest BCUT2D eigenvalue weighted by Crippen LogP contribution is 2.32. The van der Waals surface area contributed by atoms with E-state index in [0.29, 0.717) is 25.5 Å². The van der Waals surface area contributed by atoms with E-state index in [9.17, 15) is 14.0 Å². The summed E-state index contributed by atoms with van der Waals surface area (Å²) in [7, 11) is 0. The van der Waals surface area contributed by atoms with Crippen LogP contribution in [0.1, 0.15) is 68.4 Å². The van der Waals surface area contributed by atoms with Crippen molar-refractivity contribution in [3.05, 3.63) is 89.1 Å². The van der Waals surface area contributed by atoms with E-state index in [0.717, 1.165) is 48.4 Å². The van der Waals surface area contributed by atoms with Gasteiger partial charge in [-0.1, -0.05) is 58.0 Å². The van der Waals surface area contributed by atoms with Crippen molar-refractivity contribution < 1.29 is 23.1 Å². The molecular weight excluding hydrogens is 547 g/mol. The topological polar surface area (TPSA) is 78.3 Å². The molecule has 1 saturated heterocycles. The molecule has 0 bridgehead atoms. The summed E-state index contributed by atoms with van der Waals surface area (Å²) >= 11 is 0. The number of urea groups is 1. The maximum atomic E-state index is 14.0. The first kappa shape index (κ1) is 32.2. The van der Waals surface area contributed by atoms with Gasteiger partial charge in [0.15, 0.2) is 0 Å². The molecule has 1 N–H and O–H groups in total. The molecule has 8 nitrogen and oxygen atoms in total. The van der Waals surface area contributed by atoms with E-state index >= 15 is 0 Å². The number of benzene rings is 2. The molecule has 0 atom stereocenters. The monoisotopic (exact) mass is 592 g/mol. The number of amides is 3. The second kappa shape index (κ2) is 15.7. The van der Waals surface area contributed by atoms with E-state index in [4.69, 9.17) is 9.15 Å². The van der Waals surface area contributed by atoms with Gasteiger partial charge < -0.3 is 24.3 Å². The molecule has 0 aliphatic carbocycles. The van der Waals surface area contributed by atoms with Crippen LogP contribution in [0.2, 0.25) is 0 Å². The predicted molar refractivity (Wildman–Crippen MR) is 166 cm³/mol. The third-order valence-corrected chi connectivity index (χ3v) is 7.79. The van der Waals surface area contributed by atoms with Crippen molar-refractivity contribution in [2.45, 2.75) is 59.0 Å². The summed E-state index contributed by atoms with van der Waals surface area (Å²) in [5.74, 6) is 0.503. The molecule has 1 aliphatic heterocycles. The Kier molecular flexibility index (Phi) is 11.8. The van der Waals surface area contributed by atoms with Crippen LogP contribution < -0.4 is 5.32 Å². The lowest BCUT2D eigenvalue weighted by Crippen LogP contribution is -2.45. The zero-order valence-electron chi connectivity index (χ0n) is 25.9. The molecule has 1 aliphatic rings. The third-order valence-electron chi connectivity index (χ3n) is 7.79. The van der Waals surface area contributed by atoms with Crippen molar-refractivity contribution in [1.82, 2.24) is 14.7 Å². The highest BCUT2D eigenvalue weighted by atomic mass is 19.1. The number of carbonyl (C=O) groups excluding carboxylic acids is 2. The van der Waals surface area contributed by atoms with Crippen LogP contribution in [0.4, 0.5) is 14.9 Å². The number of ether oxygens (including phenoxy) is 1. The standard InChI is InChI=1S/C34H45FN4O4/c1-25(2)30-9-5-10-31(26(3)4)33(30)36-34(41)38(16-7-15-37-17-20-42-21-18-37)24-32(40)39(23-29-8-6-19-43-29)22-27-11-13-28(35)14-12-27/h5-6,8-14,19,25-26H,7,15-18,20-24H2,1-4H3,(H,36,41). The Morgan fingerprint density at radius 1 is 0.907 bits per heavy atom. The van der Waals surface area contributed by atoms with E-state index in [1.807, 2.05) is 24.3 Å². The Balaban J connectivity index is 1.56. The molecule has 0 unspecified atom stereocenters. The van der Waals surface area contributed by atoms with Crippen molar-refractivity contribution in [2.75, 3.05) is 51.3 Å². The second-order valence-electron chi connectivity index (χ2n) is 11.7. The molecule has 1 aromatic heterocycles. The van der Waals surface area contributed by atoms with Crippen LogP contribution in [-0.4, -0.2) is 72.6 Å². The second-order valence-corrected chi connectivity index (χ2v) is 11.7. The number of nitrogens with zero attached hydrogens (tertiary/aromatic N) is 3. The van der Waals surface area contributed by atoms with Gasteiger partial charge in [0.1, 0.15) is 18.1 Å². The number of carbonyl (C=O) groups is 2. The predicted octanol–water partition coefficient (Wildman–Crippen LogP) is 6.45. The molecule has 0 spiro atoms. The highest BCUT2D eigenvalue weighted by molar-refractivity contribution is 5.94. The average Bonchev–Trinajstić information content (AvgIpc) is 3.51. The van der Waals surface area contributed by atoms with Gasteiger partial charge in [-0.15, -0.1) is 0 Å². The average molecular weight is 593 g/mol. The van der Waals surface area contributed by atoms with Crippen molar-refractivity contribution in [3.63, 3.8) is 0 Å². The Morgan fingerprint density at radius 2 is 1.58 bits per heavy atom. The molecule has 43 heavy (non-hydrogen) atoms. The van der Waals surface area contributed by atoms with Gasteiger partial charge in [-0.05, 0) is 59.2 Å². The van der Waals surface area contributed by atoms with E-state index in [-0.39, 0.29) is 49.2 Å². The van der Waals surface area contributed by atoms with Crippen LogP contribution in [0, 0.1) is 5.82 Å². The number of halogens is 1. The number of nitrogens with one attached hydrogen (secondary N) is 1. The van der Waals surface area contributed by atoms with Crippen LogP contribution in [0.15, 0.2) is 65.3 Å². The molecule has 3 amide bonds. The lowest BCUT2D eigenvalue weighted by molar-refractivity contribution is -0.133. The maximum Gasteiger partial charge on any atom is 0.322 e. The van der Waals surface area contributed by atoms with Gasteiger partial charge in [-0.3, -0.25) is 9.69 Å². The van der Waals surface area contributed by atoms with Gasteiger partial charge >= 0.3 is 6.03 Å². The number of furan rings is 1. The van der Waals surface area contributed by atoms with E-state index < -0.39 is 0 Å². The zero-order valence-corrected chi connectivity index (χ0v) is 25.9. The SMILES string of the molecule is CC(C)c1cccc(C(C)C)c1NC(=O)N(CCCN1CCOCC1)CC(=O)N(Cc1ccc(F)cc1)Cc1ccco1. The van der Waals surface area contributed by atoms with Gasteiger partial charge in [0.05, 0.1) is 26.0 Å². The number of hydrogen-bond acceptors (Lipinski definition) is 5. The maximum absolute atomic E-state index is 14.0. The van der Waals surface area contributed by atoms with Gasteiger partial charge in [-0.2, -0.15) is 0 Å². The molecule has 0 radical (unpaired) electrons. The molecule has 232 valence electrons.